The number of amides is 1. The second-order valence-electron chi connectivity index (χ2n) is 6.94. The van der Waals surface area contributed by atoms with Gasteiger partial charge in [-0.1, -0.05) is 24.3 Å². The number of amidine groups is 1. The maximum Gasteiger partial charge on any atom is 0.387 e. The highest BCUT2D eigenvalue weighted by Gasteiger charge is 2.29. The van der Waals surface area contributed by atoms with Crippen LogP contribution in [0.4, 0.5) is 0 Å². The third-order valence-electron chi connectivity index (χ3n) is 4.37. The molecule has 30 heavy (non-hydrogen) atoms. The van der Waals surface area contributed by atoms with E-state index in [-0.39, 0.29) is 24.8 Å². The van der Waals surface area contributed by atoms with Gasteiger partial charge in [0.15, 0.2) is 0 Å². The summed E-state index contributed by atoms with van der Waals surface area (Å²) in [6, 6.07) is 5.66. The third-order valence-corrected chi connectivity index (χ3v) is 5.64. The Morgan fingerprint density at radius 2 is 2.00 bits per heavy atom. The first-order valence-electron chi connectivity index (χ1n) is 9.03. The molecule has 1 aromatic rings. The van der Waals surface area contributed by atoms with Crippen LogP contribution in [-0.2, 0) is 28.9 Å². The molecule has 166 valence electrons. The van der Waals surface area contributed by atoms with E-state index in [0.29, 0.717) is 12.0 Å². The zero-order chi connectivity index (χ0) is 22.5. The van der Waals surface area contributed by atoms with Gasteiger partial charge in [0.2, 0.25) is 5.91 Å². The van der Waals surface area contributed by atoms with E-state index in [1.54, 1.807) is 12.1 Å². The van der Waals surface area contributed by atoms with Crippen LogP contribution in [0.2, 0.25) is 0 Å². The monoisotopic (exact) mass is 442 g/mol. The zero-order valence-electron chi connectivity index (χ0n) is 16.6. The van der Waals surface area contributed by atoms with Gasteiger partial charge in [0, 0.05) is 26.2 Å². The van der Waals surface area contributed by atoms with Crippen molar-refractivity contribution in [2.24, 2.45) is 11.5 Å². The molecule has 1 amide bonds. The van der Waals surface area contributed by atoms with Gasteiger partial charge in [-0.2, -0.15) is 18.2 Å². The van der Waals surface area contributed by atoms with Crippen LogP contribution in [0.5, 0.6) is 0 Å². The van der Waals surface area contributed by atoms with Crippen molar-refractivity contribution in [2.75, 3.05) is 20.6 Å². The van der Waals surface area contributed by atoms with E-state index in [2.05, 4.69) is 15.0 Å². The topological polar surface area (TPSA) is 190 Å². The molecular weight excluding hydrogens is 416 g/mol. The Morgan fingerprint density at radius 3 is 2.57 bits per heavy atom. The number of carbonyl (C=O) groups excluding carboxylic acids is 2. The Hall–Kier alpha value is -2.58. The summed E-state index contributed by atoms with van der Waals surface area (Å²) < 4.78 is 28.1. The number of hydrogen-bond acceptors (Lipinski definition) is 9. The zero-order valence-corrected chi connectivity index (χ0v) is 17.4. The van der Waals surface area contributed by atoms with Gasteiger partial charge in [-0.05, 0) is 12.0 Å². The molecule has 0 unspecified atom stereocenters. The summed E-state index contributed by atoms with van der Waals surface area (Å²) in [7, 11) is -1.79. The molecule has 1 fully saturated rings. The standard InChI is InChI=1S/C17H26N6O6S/c1-23(2)30(26,27)29-17(25)13(18)9-21-15(24)8-12-7-14(22-28-12)10-3-5-11(6-4-10)16(19)20/h3-6,12-14,22H,7-9,18H2,1-2H3,(H3,19,20)(H,21,24)/t12-,13+,14+/m1/s1. The van der Waals surface area contributed by atoms with Crippen LogP contribution in [0, 0.1) is 5.41 Å². The van der Waals surface area contributed by atoms with E-state index < -0.39 is 34.3 Å². The molecule has 0 bridgehead atoms. The summed E-state index contributed by atoms with van der Waals surface area (Å²) >= 11 is 0. The first kappa shape index (κ1) is 23.7. The van der Waals surface area contributed by atoms with E-state index in [4.69, 9.17) is 21.7 Å². The Bertz CT molecular complexity index is 889. The van der Waals surface area contributed by atoms with Gasteiger partial charge in [0.25, 0.3) is 0 Å². The average Bonchev–Trinajstić information content (AvgIpc) is 3.14. The summed E-state index contributed by atoms with van der Waals surface area (Å²) in [5.41, 5.74) is 15.4. The normalized spacial score (nSPS) is 20.0. The average molecular weight is 442 g/mol. The van der Waals surface area contributed by atoms with Gasteiger partial charge in [-0.15, -0.1) is 0 Å². The molecule has 1 aromatic carbocycles. The predicted molar refractivity (Wildman–Crippen MR) is 107 cm³/mol. The quantitative estimate of drug-likeness (QED) is 0.223. The van der Waals surface area contributed by atoms with Crippen molar-refractivity contribution in [3.63, 3.8) is 0 Å². The lowest BCUT2D eigenvalue weighted by Gasteiger charge is -2.15. The number of nitrogens with zero attached hydrogens (tertiary/aromatic N) is 1. The molecule has 7 N–H and O–H groups in total. The van der Waals surface area contributed by atoms with Crippen LogP contribution < -0.4 is 22.3 Å². The molecule has 0 spiro atoms. The number of nitrogen functional groups attached to an aromatic ring is 1. The molecule has 1 heterocycles. The Morgan fingerprint density at radius 1 is 1.37 bits per heavy atom. The smallest absolute Gasteiger partial charge is 0.384 e. The van der Waals surface area contributed by atoms with Crippen molar-refractivity contribution in [2.45, 2.75) is 31.0 Å². The fourth-order valence-corrected chi connectivity index (χ4v) is 3.07. The number of nitrogens with two attached hydrogens (primary N) is 2. The Kier molecular flexibility index (Phi) is 7.86. The van der Waals surface area contributed by atoms with Crippen LogP contribution >= 0.6 is 0 Å². The maximum absolute atomic E-state index is 12.1. The van der Waals surface area contributed by atoms with Crippen LogP contribution in [0.25, 0.3) is 0 Å². The fraction of sp³-hybridized carbons (Fsp3) is 0.471. The molecule has 1 saturated heterocycles. The number of rotatable bonds is 9. The SMILES string of the molecule is CN(C)S(=O)(=O)OC(=O)[C@@H](N)CNC(=O)C[C@H]1C[C@@H](c2ccc(C(=N)N)cc2)NO1. The lowest BCUT2D eigenvalue weighted by Crippen LogP contribution is -2.45. The Balaban J connectivity index is 1.77. The van der Waals surface area contributed by atoms with Gasteiger partial charge >= 0.3 is 16.3 Å². The van der Waals surface area contributed by atoms with E-state index in [1.807, 2.05) is 12.1 Å². The van der Waals surface area contributed by atoms with Crippen LogP contribution in [0.3, 0.4) is 0 Å². The molecule has 0 radical (unpaired) electrons. The second-order valence-corrected chi connectivity index (χ2v) is 8.69. The van der Waals surface area contributed by atoms with Crippen molar-refractivity contribution in [3.05, 3.63) is 35.4 Å². The van der Waals surface area contributed by atoms with Crippen molar-refractivity contribution >= 4 is 28.0 Å². The summed E-state index contributed by atoms with van der Waals surface area (Å²) in [5, 5.41) is 9.87. The molecule has 0 aliphatic carbocycles. The molecular formula is C17H26N6O6S. The van der Waals surface area contributed by atoms with E-state index >= 15 is 0 Å². The van der Waals surface area contributed by atoms with Crippen LogP contribution in [-0.4, -0.2) is 63.2 Å². The van der Waals surface area contributed by atoms with Crippen molar-refractivity contribution < 1.29 is 27.0 Å². The fourth-order valence-electron chi connectivity index (χ4n) is 2.59. The van der Waals surface area contributed by atoms with Gasteiger partial charge in [0.1, 0.15) is 11.9 Å². The number of carbonyl (C=O) groups is 2. The first-order valence-corrected chi connectivity index (χ1v) is 10.4. The lowest BCUT2D eigenvalue weighted by molar-refractivity contribution is -0.135. The number of hydrogen-bond donors (Lipinski definition) is 5. The molecule has 1 aliphatic rings. The highest BCUT2D eigenvalue weighted by Crippen LogP contribution is 2.27. The maximum atomic E-state index is 12.1. The summed E-state index contributed by atoms with van der Waals surface area (Å²) in [6.45, 7) is -0.281. The van der Waals surface area contributed by atoms with Gasteiger partial charge in [0.05, 0.1) is 18.6 Å². The molecule has 0 aromatic heterocycles. The van der Waals surface area contributed by atoms with Crippen LogP contribution in [0.1, 0.15) is 30.0 Å². The van der Waals surface area contributed by atoms with Gasteiger partial charge < -0.3 is 21.0 Å². The summed E-state index contributed by atoms with van der Waals surface area (Å²) in [5.74, 6) is -1.60. The molecule has 0 saturated carbocycles. The highest BCUT2D eigenvalue weighted by molar-refractivity contribution is 7.84. The summed E-state index contributed by atoms with van der Waals surface area (Å²) in [4.78, 5) is 29.2. The minimum Gasteiger partial charge on any atom is -0.384 e. The largest absolute Gasteiger partial charge is 0.387 e. The van der Waals surface area contributed by atoms with Crippen molar-refractivity contribution in [1.82, 2.24) is 15.1 Å². The highest BCUT2D eigenvalue weighted by atomic mass is 32.2. The van der Waals surface area contributed by atoms with E-state index in [1.165, 1.54) is 14.1 Å². The van der Waals surface area contributed by atoms with Crippen molar-refractivity contribution in [3.8, 4) is 0 Å². The number of hydroxylamine groups is 1. The molecule has 12 nitrogen and oxygen atoms in total. The number of nitrogens with one attached hydrogen (secondary N) is 3. The van der Waals surface area contributed by atoms with Crippen LogP contribution in [0.15, 0.2) is 24.3 Å². The van der Waals surface area contributed by atoms with Gasteiger partial charge in [-0.3, -0.25) is 15.0 Å². The third kappa shape index (κ3) is 6.47. The second kappa shape index (κ2) is 9.95. The minimum absolute atomic E-state index is 0.0202. The first-order chi connectivity index (χ1) is 14.0. The summed E-state index contributed by atoms with van der Waals surface area (Å²) in [6.07, 6.45) is 0.147. The molecule has 3 atom stereocenters. The predicted octanol–water partition coefficient (Wildman–Crippen LogP) is -1.51. The minimum atomic E-state index is -4.20. The molecule has 13 heteroatoms. The van der Waals surface area contributed by atoms with Crippen molar-refractivity contribution in [1.29, 1.82) is 5.41 Å². The van der Waals surface area contributed by atoms with E-state index in [0.717, 1.165) is 9.87 Å². The van der Waals surface area contributed by atoms with E-state index in [9.17, 15) is 18.0 Å². The lowest BCUT2D eigenvalue weighted by atomic mass is 9.99. The molecule has 1 aliphatic heterocycles. The number of benzene rings is 1. The Labute approximate surface area is 174 Å². The van der Waals surface area contributed by atoms with Gasteiger partial charge in [-0.25, -0.2) is 4.79 Å². The molecule has 2 rings (SSSR count).